The van der Waals surface area contributed by atoms with E-state index in [1.165, 1.54) is 6.07 Å². The van der Waals surface area contributed by atoms with Gasteiger partial charge in [0.2, 0.25) is 5.75 Å². The molecule has 0 spiro atoms. The van der Waals surface area contributed by atoms with E-state index in [1.54, 1.807) is 6.07 Å². The molecule has 0 saturated heterocycles. The number of halogens is 4. The molecule has 0 atom stereocenters. The minimum atomic E-state index is -0.743. The van der Waals surface area contributed by atoms with Gasteiger partial charge in [0.15, 0.2) is 0 Å². The van der Waals surface area contributed by atoms with Crippen LogP contribution in [0.25, 0.3) is 0 Å². The van der Waals surface area contributed by atoms with Crippen molar-refractivity contribution in [3.05, 3.63) is 60.5 Å². The van der Waals surface area contributed by atoms with Gasteiger partial charge in [-0.1, -0.05) is 23.2 Å². The van der Waals surface area contributed by atoms with E-state index in [0.717, 1.165) is 12.1 Å². The number of nitro benzene ring substituents is 1. The van der Waals surface area contributed by atoms with Crippen molar-refractivity contribution in [3.8, 4) is 5.75 Å². The monoisotopic (exact) mass is 394 g/mol. The minimum absolute atomic E-state index is 0.0753. The van der Waals surface area contributed by atoms with Crippen LogP contribution in [0.15, 0.2) is 28.7 Å². The molecular formula is C12H6BrCl2FN2O3. The lowest BCUT2D eigenvalue weighted by atomic mass is 10.2. The summed E-state index contributed by atoms with van der Waals surface area (Å²) in [6.45, 7) is -0.0753. The van der Waals surface area contributed by atoms with E-state index in [-0.39, 0.29) is 27.1 Å². The molecule has 110 valence electrons. The molecule has 9 heteroatoms. The van der Waals surface area contributed by atoms with Crippen molar-refractivity contribution in [1.82, 2.24) is 4.98 Å². The SMILES string of the molecule is O=[N+]([O-])c1cc(F)cc(Br)c1OCc1ccc(Cl)nc1Cl. The first-order chi connectivity index (χ1) is 9.88. The Kier molecular flexibility index (Phi) is 4.97. The van der Waals surface area contributed by atoms with Gasteiger partial charge in [0, 0.05) is 5.56 Å². The molecule has 1 aromatic carbocycles. The Bertz CT molecular complexity index is 715. The summed E-state index contributed by atoms with van der Waals surface area (Å²) >= 11 is 14.6. The molecule has 0 aliphatic heterocycles. The van der Waals surface area contributed by atoms with Crippen LogP contribution < -0.4 is 4.74 Å². The fraction of sp³-hybridized carbons (Fsp3) is 0.0833. The summed E-state index contributed by atoms with van der Waals surface area (Å²) < 4.78 is 18.7. The van der Waals surface area contributed by atoms with Crippen LogP contribution in [0.5, 0.6) is 5.75 Å². The Morgan fingerprint density at radius 3 is 2.71 bits per heavy atom. The molecule has 0 saturated carbocycles. The molecule has 0 fully saturated rings. The van der Waals surface area contributed by atoms with Gasteiger partial charge in [-0.3, -0.25) is 10.1 Å². The lowest BCUT2D eigenvalue weighted by molar-refractivity contribution is -0.386. The number of aromatic nitrogens is 1. The van der Waals surface area contributed by atoms with Crippen molar-refractivity contribution < 1.29 is 14.1 Å². The highest BCUT2D eigenvalue weighted by atomic mass is 79.9. The number of nitrogens with zero attached hydrogens (tertiary/aromatic N) is 2. The predicted octanol–water partition coefficient (Wildman–Crippen LogP) is 4.78. The number of benzene rings is 1. The van der Waals surface area contributed by atoms with E-state index >= 15 is 0 Å². The summed E-state index contributed by atoms with van der Waals surface area (Å²) in [6, 6.07) is 4.95. The molecule has 1 heterocycles. The van der Waals surface area contributed by atoms with Crippen molar-refractivity contribution in [2.45, 2.75) is 6.61 Å². The van der Waals surface area contributed by atoms with E-state index in [2.05, 4.69) is 20.9 Å². The largest absolute Gasteiger partial charge is 0.481 e. The summed E-state index contributed by atoms with van der Waals surface area (Å²) in [5.41, 5.74) is 0.00603. The van der Waals surface area contributed by atoms with Crippen molar-refractivity contribution in [1.29, 1.82) is 0 Å². The lowest BCUT2D eigenvalue weighted by Gasteiger charge is -2.09. The Morgan fingerprint density at radius 1 is 1.38 bits per heavy atom. The molecule has 0 aliphatic rings. The van der Waals surface area contributed by atoms with Crippen LogP contribution in [0.1, 0.15) is 5.56 Å². The maximum absolute atomic E-state index is 13.2. The minimum Gasteiger partial charge on any atom is -0.481 e. The summed E-state index contributed by atoms with van der Waals surface area (Å²) in [5, 5.41) is 11.3. The van der Waals surface area contributed by atoms with Gasteiger partial charge in [0.25, 0.3) is 0 Å². The maximum Gasteiger partial charge on any atom is 0.315 e. The zero-order valence-electron chi connectivity index (χ0n) is 10.1. The van der Waals surface area contributed by atoms with E-state index in [0.29, 0.717) is 5.56 Å². The number of hydrogen-bond donors (Lipinski definition) is 0. The molecule has 0 radical (unpaired) electrons. The van der Waals surface area contributed by atoms with Gasteiger partial charge in [0.1, 0.15) is 22.7 Å². The van der Waals surface area contributed by atoms with E-state index in [1.807, 2.05) is 0 Å². The van der Waals surface area contributed by atoms with Crippen molar-refractivity contribution in [2.75, 3.05) is 0 Å². The smallest absolute Gasteiger partial charge is 0.315 e. The van der Waals surface area contributed by atoms with Crippen molar-refractivity contribution >= 4 is 44.8 Å². The van der Waals surface area contributed by atoms with Crippen LogP contribution in [-0.4, -0.2) is 9.91 Å². The molecule has 1 aromatic heterocycles. The Morgan fingerprint density at radius 2 is 2.10 bits per heavy atom. The number of pyridine rings is 1. The van der Waals surface area contributed by atoms with Gasteiger partial charge in [-0.15, -0.1) is 0 Å². The molecule has 5 nitrogen and oxygen atoms in total. The third kappa shape index (κ3) is 3.81. The van der Waals surface area contributed by atoms with Crippen molar-refractivity contribution in [2.24, 2.45) is 0 Å². The van der Waals surface area contributed by atoms with Crippen LogP contribution in [-0.2, 0) is 6.61 Å². The topological polar surface area (TPSA) is 65.3 Å². The normalized spacial score (nSPS) is 10.5. The number of ether oxygens (including phenoxy) is 1. The average molecular weight is 396 g/mol. The molecule has 2 rings (SSSR count). The first kappa shape index (κ1) is 15.9. The first-order valence-electron chi connectivity index (χ1n) is 5.45. The van der Waals surface area contributed by atoms with Crippen LogP contribution in [0.2, 0.25) is 10.3 Å². The van der Waals surface area contributed by atoms with E-state index in [4.69, 9.17) is 27.9 Å². The second kappa shape index (κ2) is 6.55. The summed E-state index contributed by atoms with van der Waals surface area (Å²) in [5.74, 6) is -0.834. The Hall–Kier alpha value is -1.44. The van der Waals surface area contributed by atoms with Crippen LogP contribution in [0, 0.1) is 15.9 Å². The molecule has 0 unspecified atom stereocenters. The third-order valence-electron chi connectivity index (χ3n) is 2.45. The maximum atomic E-state index is 13.2. The van der Waals surface area contributed by atoms with E-state index < -0.39 is 16.4 Å². The third-order valence-corrected chi connectivity index (χ3v) is 3.58. The molecular weight excluding hydrogens is 390 g/mol. The summed E-state index contributed by atoms with van der Waals surface area (Å²) in [4.78, 5) is 14.0. The Balaban J connectivity index is 2.29. The quantitative estimate of drug-likeness (QED) is 0.424. The number of rotatable bonds is 4. The lowest BCUT2D eigenvalue weighted by Crippen LogP contribution is -2.02. The first-order valence-corrected chi connectivity index (χ1v) is 7.00. The van der Waals surface area contributed by atoms with Crippen LogP contribution in [0.3, 0.4) is 0 Å². The summed E-state index contributed by atoms with van der Waals surface area (Å²) in [7, 11) is 0. The van der Waals surface area contributed by atoms with Gasteiger partial charge >= 0.3 is 5.69 Å². The fourth-order valence-electron chi connectivity index (χ4n) is 1.52. The van der Waals surface area contributed by atoms with Gasteiger partial charge < -0.3 is 4.74 Å². The standard InChI is InChI=1S/C12H6BrCl2FN2O3/c13-8-3-7(16)4-9(18(19)20)11(8)21-5-6-1-2-10(14)17-12(6)15/h1-4H,5H2. The Labute approximate surface area is 136 Å². The highest BCUT2D eigenvalue weighted by Crippen LogP contribution is 2.36. The number of hydrogen-bond acceptors (Lipinski definition) is 4. The number of nitro groups is 1. The highest BCUT2D eigenvalue weighted by Gasteiger charge is 2.21. The molecule has 0 bridgehead atoms. The zero-order chi connectivity index (χ0) is 15.6. The average Bonchev–Trinajstić information content (AvgIpc) is 2.38. The summed E-state index contributed by atoms with van der Waals surface area (Å²) in [6.07, 6.45) is 0. The molecule has 2 aromatic rings. The molecule has 0 amide bonds. The molecule has 0 aliphatic carbocycles. The van der Waals surface area contributed by atoms with Crippen LogP contribution >= 0.6 is 39.1 Å². The van der Waals surface area contributed by atoms with Gasteiger partial charge in [-0.2, -0.15) is 0 Å². The second-order valence-electron chi connectivity index (χ2n) is 3.87. The zero-order valence-corrected chi connectivity index (χ0v) is 13.2. The van der Waals surface area contributed by atoms with E-state index in [9.17, 15) is 14.5 Å². The van der Waals surface area contributed by atoms with Gasteiger partial charge in [-0.05, 0) is 34.1 Å². The molecule has 21 heavy (non-hydrogen) atoms. The van der Waals surface area contributed by atoms with Gasteiger partial charge in [-0.25, -0.2) is 9.37 Å². The molecule has 0 N–H and O–H groups in total. The highest BCUT2D eigenvalue weighted by molar-refractivity contribution is 9.10. The second-order valence-corrected chi connectivity index (χ2v) is 5.47. The van der Waals surface area contributed by atoms with Crippen LogP contribution in [0.4, 0.5) is 10.1 Å². The predicted molar refractivity (Wildman–Crippen MR) is 79.3 cm³/mol. The fourth-order valence-corrected chi connectivity index (χ4v) is 2.46. The van der Waals surface area contributed by atoms with Crippen molar-refractivity contribution in [3.63, 3.8) is 0 Å². The van der Waals surface area contributed by atoms with Gasteiger partial charge in [0.05, 0.1) is 15.5 Å².